The van der Waals surface area contributed by atoms with E-state index in [2.05, 4.69) is 179 Å². The van der Waals surface area contributed by atoms with Crippen LogP contribution in [-0.4, -0.2) is 24.1 Å². The molecule has 0 N–H and O–H groups in total. The van der Waals surface area contributed by atoms with Gasteiger partial charge < -0.3 is 4.57 Å². The Kier molecular flexibility index (Phi) is 7.08. The highest BCUT2D eigenvalue weighted by molar-refractivity contribution is 6.35. The zero-order valence-corrected chi connectivity index (χ0v) is 34.2. The summed E-state index contributed by atoms with van der Waals surface area (Å²) in [7, 11) is 0. The van der Waals surface area contributed by atoms with Crippen molar-refractivity contribution in [2.75, 3.05) is 0 Å². The van der Waals surface area contributed by atoms with Crippen molar-refractivity contribution < 1.29 is 0 Å². The minimum atomic E-state index is 0.511. The van der Waals surface area contributed by atoms with Gasteiger partial charge in [0.15, 0.2) is 0 Å². The maximum atomic E-state index is 12.3. The van der Waals surface area contributed by atoms with Gasteiger partial charge in [0, 0.05) is 67.6 Å². The predicted molar refractivity (Wildman–Crippen MR) is 262 cm³/mol. The molecule has 0 spiro atoms. The summed E-state index contributed by atoms with van der Waals surface area (Å²) in [5.41, 5.74) is 12.4. The van der Waals surface area contributed by atoms with Gasteiger partial charge in [0.2, 0.25) is 0 Å². The van der Waals surface area contributed by atoms with E-state index in [4.69, 9.17) is 15.0 Å². The highest BCUT2D eigenvalue weighted by Gasteiger charge is 2.34. The lowest BCUT2D eigenvalue weighted by Gasteiger charge is -2.27. The van der Waals surface area contributed by atoms with Crippen LogP contribution in [0.1, 0.15) is 5.56 Å². The van der Waals surface area contributed by atoms with E-state index in [-0.39, 0.29) is 0 Å². The first kappa shape index (κ1) is 34.8. The molecule has 5 aromatic heterocycles. The number of pyridine rings is 3. The van der Waals surface area contributed by atoms with E-state index in [9.17, 15) is 5.26 Å². The number of hydrogen-bond donors (Lipinski definition) is 0. The molecule has 6 heteroatoms. The van der Waals surface area contributed by atoms with Crippen molar-refractivity contribution in [3.05, 3.63) is 200 Å². The molecule has 0 bridgehead atoms. The summed E-state index contributed by atoms with van der Waals surface area (Å²) in [4.78, 5) is 15.5. The number of nitriles is 1. The highest BCUT2D eigenvalue weighted by Crippen LogP contribution is 2.54. The second kappa shape index (κ2) is 13.0. The molecule has 0 saturated carbocycles. The number of aromatic nitrogens is 5. The van der Waals surface area contributed by atoms with Crippen LogP contribution in [0.25, 0.3) is 132 Å². The molecule has 5 heterocycles. The van der Waals surface area contributed by atoms with E-state index in [0.717, 1.165) is 132 Å². The van der Waals surface area contributed by atoms with Crippen LogP contribution < -0.4 is 0 Å². The molecular weight excluding hydrogens is 781 g/mol. The quantitative estimate of drug-likeness (QED) is 0.162. The monoisotopic (exact) mass is 812 g/mol. The van der Waals surface area contributed by atoms with Gasteiger partial charge in [0.25, 0.3) is 0 Å². The maximum Gasteiger partial charge on any atom is 0.147 e. The van der Waals surface area contributed by atoms with E-state index in [0.29, 0.717) is 5.56 Å². The normalized spacial score (nSPS) is 12.0. The molecule has 64 heavy (non-hydrogen) atoms. The molecule has 0 saturated heterocycles. The fraction of sp³-hybridized carbons (Fsp3) is 0. The molecule has 0 amide bonds. The second-order valence-electron chi connectivity index (χ2n) is 16.5. The Morgan fingerprint density at radius 3 is 1.36 bits per heavy atom. The summed E-state index contributed by atoms with van der Waals surface area (Å²) < 4.78 is 4.55. The van der Waals surface area contributed by atoms with E-state index < -0.39 is 0 Å². The number of hydrogen-bond acceptors (Lipinski definition) is 4. The Morgan fingerprint density at radius 2 is 0.797 bits per heavy atom. The summed E-state index contributed by atoms with van der Waals surface area (Å²) in [5.74, 6) is 0. The van der Waals surface area contributed by atoms with E-state index in [1.54, 1.807) is 0 Å². The van der Waals surface area contributed by atoms with Crippen LogP contribution in [0.4, 0.5) is 0 Å². The van der Waals surface area contributed by atoms with Crippen molar-refractivity contribution in [1.82, 2.24) is 24.1 Å². The van der Waals surface area contributed by atoms with Crippen LogP contribution in [0, 0.1) is 11.3 Å². The van der Waals surface area contributed by atoms with Crippen molar-refractivity contribution in [3.63, 3.8) is 0 Å². The summed E-state index contributed by atoms with van der Waals surface area (Å²) >= 11 is 0. The fourth-order valence-corrected chi connectivity index (χ4v) is 11.0. The fourth-order valence-electron chi connectivity index (χ4n) is 11.0. The minimum absolute atomic E-state index is 0.511. The Bertz CT molecular complexity index is 3820. The molecule has 14 rings (SSSR count). The Hall–Kier alpha value is -8.92. The van der Waals surface area contributed by atoms with Crippen molar-refractivity contribution in [2.45, 2.75) is 0 Å². The first-order chi connectivity index (χ1) is 31.8. The van der Waals surface area contributed by atoms with E-state index >= 15 is 0 Å². The zero-order valence-electron chi connectivity index (χ0n) is 34.2. The first-order valence-electron chi connectivity index (χ1n) is 21.5. The van der Waals surface area contributed by atoms with Gasteiger partial charge in [0.05, 0.1) is 27.9 Å². The number of nitrogens with zero attached hydrogens (tertiary/aromatic N) is 6. The van der Waals surface area contributed by atoms with Crippen molar-refractivity contribution in [1.29, 1.82) is 5.26 Å². The van der Waals surface area contributed by atoms with Crippen LogP contribution >= 0.6 is 0 Å². The lowest BCUT2D eigenvalue weighted by Crippen LogP contribution is -2.11. The van der Waals surface area contributed by atoms with Gasteiger partial charge in [-0.3, -0.25) is 9.55 Å². The zero-order chi connectivity index (χ0) is 42.0. The maximum absolute atomic E-state index is 12.3. The average Bonchev–Trinajstić information content (AvgIpc) is 3.89. The largest absolute Gasteiger partial charge is 0.307 e. The molecule has 294 valence electrons. The van der Waals surface area contributed by atoms with Crippen molar-refractivity contribution >= 4 is 87.1 Å². The molecule has 6 nitrogen and oxygen atoms in total. The van der Waals surface area contributed by atoms with E-state index in [1.807, 2.05) is 30.7 Å². The molecule has 9 aromatic carbocycles. The van der Waals surface area contributed by atoms with Crippen LogP contribution in [0.15, 0.2) is 195 Å². The molecule has 0 aliphatic heterocycles. The lowest BCUT2D eigenvalue weighted by molar-refractivity contribution is 1.08. The Labute approximate surface area is 365 Å². The molecule has 0 aliphatic rings. The third-order valence-corrected chi connectivity index (χ3v) is 13.4. The highest BCUT2D eigenvalue weighted by atomic mass is 15.1. The third kappa shape index (κ3) is 4.49. The molecule has 0 unspecified atom stereocenters. The SMILES string of the molecule is N#Cc1c(-n2c3cccc4c5cccnc5c5cccc2c5c43)c(-c2ccccc2)c(-c2ccccc2)c(-c2ccccc2)c1-n1c2nccc3c4ccccc4c4ccnc1c4c32. The number of benzene rings is 9. The van der Waals surface area contributed by atoms with E-state index in [1.165, 1.54) is 0 Å². The number of fused-ring (bicyclic) bond motifs is 6. The van der Waals surface area contributed by atoms with Gasteiger partial charge in [-0.25, -0.2) is 9.97 Å². The van der Waals surface area contributed by atoms with Crippen LogP contribution in [0.2, 0.25) is 0 Å². The first-order valence-corrected chi connectivity index (χ1v) is 21.5. The van der Waals surface area contributed by atoms with Gasteiger partial charge in [0.1, 0.15) is 22.9 Å². The molecular formula is C58H32N6. The van der Waals surface area contributed by atoms with Gasteiger partial charge in [-0.2, -0.15) is 5.26 Å². The van der Waals surface area contributed by atoms with Crippen LogP contribution in [-0.2, 0) is 0 Å². The Morgan fingerprint density at radius 1 is 0.344 bits per heavy atom. The summed E-state index contributed by atoms with van der Waals surface area (Å²) in [6.07, 6.45) is 5.68. The van der Waals surface area contributed by atoms with Gasteiger partial charge in [-0.05, 0) is 74.0 Å². The lowest BCUT2D eigenvalue weighted by atomic mass is 9.82. The summed E-state index contributed by atoms with van der Waals surface area (Å²) in [5, 5.41) is 24.4. The van der Waals surface area contributed by atoms with Crippen LogP contribution in [0.3, 0.4) is 0 Å². The van der Waals surface area contributed by atoms with Gasteiger partial charge >= 0.3 is 0 Å². The Balaban J connectivity index is 1.30. The molecule has 0 atom stereocenters. The summed E-state index contributed by atoms with van der Waals surface area (Å²) in [6.45, 7) is 0. The smallest absolute Gasteiger partial charge is 0.147 e. The van der Waals surface area contributed by atoms with Crippen molar-refractivity contribution in [3.8, 4) is 50.8 Å². The summed E-state index contributed by atoms with van der Waals surface area (Å²) in [6, 6.07) is 64.7. The predicted octanol–water partition coefficient (Wildman–Crippen LogP) is 14.4. The molecule has 0 radical (unpaired) electrons. The van der Waals surface area contributed by atoms with Crippen molar-refractivity contribution in [2.24, 2.45) is 0 Å². The van der Waals surface area contributed by atoms with Crippen LogP contribution in [0.5, 0.6) is 0 Å². The second-order valence-corrected chi connectivity index (χ2v) is 16.5. The van der Waals surface area contributed by atoms with Gasteiger partial charge in [-0.1, -0.05) is 146 Å². The average molecular weight is 813 g/mol. The topological polar surface area (TPSA) is 72.3 Å². The molecule has 14 aromatic rings. The number of rotatable bonds is 5. The third-order valence-electron chi connectivity index (χ3n) is 13.4. The molecule has 0 aliphatic carbocycles. The van der Waals surface area contributed by atoms with Gasteiger partial charge in [-0.15, -0.1) is 0 Å². The minimum Gasteiger partial charge on any atom is -0.307 e. The standard InChI is InChI=1S/C58H32N6/c59-33-44-55(63-45-26-12-23-39-42-25-14-30-60-54(42)43-24-13-27-46(63)51(43)50(39)45)48(35-17-6-2-7-18-35)47(34-15-4-1-5-16-34)49(36-19-8-3-9-20-36)56(44)64-57-52-40(28-31-61-57)37-21-10-11-22-38(37)41-29-32-62-58(64)53(41)52/h1-32H. The molecule has 0 fully saturated rings.